The highest BCUT2D eigenvalue weighted by Crippen LogP contribution is 2.43. The number of benzene rings is 2. The number of hydrogen-bond donors (Lipinski definition) is 0. The Balaban J connectivity index is 2.07. The van der Waals surface area contributed by atoms with Crippen molar-refractivity contribution in [2.75, 3.05) is 35.0 Å². The summed E-state index contributed by atoms with van der Waals surface area (Å²) in [5.74, 6) is 0.0860. The first-order valence-corrected chi connectivity index (χ1v) is 10.3. The van der Waals surface area contributed by atoms with E-state index in [2.05, 4.69) is 0 Å². The molecule has 3 rings (SSSR count). The molecule has 0 aliphatic heterocycles. The molecular weight excluding hydrogens is 412 g/mol. The molecular formula is C25H28O7. The Kier molecular flexibility index (Phi) is 7.41. The third-order valence-corrected chi connectivity index (χ3v) is 5.60. The van der Waals surface area contributed by atoms with Crippen molar-refractivity contribution in [1.82, 2.24) is 0 Å². The number of ether oxygens (including phenoxy) is 5. The van der Waals surface area contributed by atoms with Crippen LogP contribution < -0.4 is 18.9 Å². The number of ketones is 1. The largest absolute Gasteiger partial charge is 0.493 e. The maximum Gasteiger partial charge on any atom is 0.317 e. The molecule has 2 aromatic rings. The fraction of sp³-hybridized carbons (Fsp3) is 0.360. The van der Waals surface area contributed by atoms with Gasteiger partial charge >= 0.3 is 5.97 Å². The zero-order valence-electron chi connectivity index (χ0n) is 19.0. The molecule has 1 aliphatic rings. The van der Waals surface area contributed by atoms with Crippen LogP contribution in [0, 0.1) is 5.92 Å². The van der Waals surface area contributed by atoms with Crippen molar-refractivity contribution in [2.45, 2.75) is 19.3 Å². The van der Waals surface area contributed by atoms with E-state index in [-0.39, 0.29) is 12.4 Å². The van der Waals surface area contributed by atoms with Crippen LogP contribution in [0.4, 0.5) is 0 Å². The minimum absolute atomic E-state index is 0.202. The standard InChI is InChI=1S/C25H28O7/c1-6-32-25(27)24-18(16-8-10-21(29-3)23(14-16)31-5)11-17(12-19(24)26)15-7-9-20(28-2)22(13-15)30-4/h7-10,12-14,18,24H,6,11H2,1-5H3. The summed E-state index contributed by atoms with van der Waals surface area (Å²) in [4.78, 5) is 25.9. The summed E-state index contributed by atoms with van der Waals surface area (Å²) in [6.07, 6.45) is 1.99. The average Bonchev–Trinajstić information content (AvgIpc) is 2.82. The molecule has 170 valence electrons. The molecule has 0 bridgehead atoms. The van der Waals surface area contributed by atoms with Crippen LogP contribution >= 0.6 is 0 Å². The number of hydrogen-bond acceptors (Lipinski definition) is 7. The molecule has 0 radical (unpaired) electrons. The smallest absolute Gasteiger partial charge is 0.317 e. The van der Waals surface area contributed by atoms with E-state index < -0.39 is 17.8 Å². The third kappa shape index (κ3) is 4.56. The fourth-order valence-electron chi connectivity index (χ4n) is 4.02. The first-order valence-electron chi connectivity index (χ1n) is 10.3. The Labute approximate surface area is 187 Å². The van der Waals surface area contributed by atoms with Crippen LogP contribution in [0.5, 0.6) is 23.0 Å². The Bertz CT molecular complexity index is 1020. The second-order valence-corrected chi connectivity index (χ2v) is 7.30. The molecule has 0 fully saturated rings. The van der Waals surface area contributed by atoms with Gasteiger partial charge in [0.1, 0.15) is 5.92 Å². The lowest BCUT2D eigenvalue weighted by atomic mass is 9.73. The van der Waals surface area contributed by atoms with Crippen molar-refractivity contribution in [3.05, 3.63) is 53.6 Å². The second kappa shape index (κ2) is 10.2. The van der Waals surface area contributed by atoms with Gasteiger partial charge in [0.25, 0.3) is 0 Å². The van der Waals surface area contributed by atoms with Crippen LogP contribution in [0.2, 0.25) is 0 Å². The highest BCUT2D eigenvalue weighted by Gasteiger charge is 2.40. The summed E-state index contributed by atoms with van der Waals surface area (Å²) in [6.45, 7) is 1.93. The van der Waals surface area contributed by atoms with Crippen LogP contribution in [0.25, 0.3) is 5.57 Å². The lowest BCUT2D eigenvalue weighted by Gasteiger charge is -2.30. The Morgan fingerprint density at radius 2 is 1.47 bits per heavy atom. The van der Waals surface area contributed by atoms with E-state index in [1.807, 2.05) is 18.2 Å². The summed E-state index contributed by atoms with van der Waals surface area (Å²) in [7, 11) is 6.23. The summed E-state index contributed by atoms with van der Waals surface area (Å²) in [5, 5.41) is 0. The van der Waals surface area contributed by atoms with E-state index in [1.165, 1.54) is 6.08 Å². The van der Waals surface area contributed by atoms with Gasteiger partial charge in [0, 0.05) is 5.92 Å². The quantitative estimate of drug-likeness (QED) is 0.453. The maximum absolute atomic E-state index is 13.1. The molecule has 0 N–H and O–H groups in total. The first-order chi connectivity index (χ1) is 15.5. The van der Waals surface area contributed by atoms with Crippen molar-refractivity contribution >= 4 is 17.3 Å². The number of allylic oxidation sites excluding steroid dienone is 2. The summed E-state index contributed by atoms with van der Waals surface area (Å²) >= 11 is 0. The van der Waals surface area contributed by atoms with Crippen LogP contribution in [0.15, 0.2) is 42.5 Å². The van der Waals surface area contributed by atoms with Gasteiger partial charge in [0.15, 0.2) is 28.8 Å². The molecule has 0 saturated carbocycles. The fourth-order valence-corrected chi connectivity index (χ4v) is 4.02. The summed E-state index contributed by atoms with van der Waals surface area (Å²) < 4.78 is 26.7. The summed E-state index contributed by atoms with van der Waals surface area (Å²) in [6, 6.07) is 10.9. The highest BCUT2D eigenvalue weighted by molar-refractivity contribution is 6.10. The van der Waals surface area contributed by atoms with Gasteiger partial charge in [-0.05, 0) is 60.4 Å². The van der Waals surface area contributed by atoms with Crippen molar-refractivity contribution in [3.8, 4) is 23.0 Å². The monoisotopic (exact) mass is 440 g/mol. The van der Waals surface area contributed by atoms with Gasteiger partial charge in [0.05, 0.1) is 35.0 Å². The van der Waals surface area contributed by atoms with Gasteiger partial charge in [-0.2, -0.15) is 0 Å². The molecule has 7 nitrogen and oxygen atoms in total. The van der Waals surface area contributed by atoms with E-state index in [0.29, 0.717) is 29.4 Å². The molecule has 0 spiro atoms. The zero-order valence-corrected chi connectivity index (χ0v) is 19.0. The van der Waals surface area contributed by atoms with E-state index in [0.717, 1.165) is 16.7 Å². The number of esters is 1. The number of methoxy groups -OCH3 is 4. The molecule has 2 unspecified atom stereocenters. The molecule has 0 amide bonds. The van der Waals surface area contributed by atoms with Crippen LogP contribution in [-0.4, -0.2) is 46.8 Å². The van der Waals surface area contributed by atoms with Crippen molar-refractivity contribution in [1.29, 1.82) is 0 Å². The Hall–Kier alpha value is -3.48. The maximum atomic E-state index is 13.1. The van der Waals surface area contributed by atoms with Gasteiger partial charge in [0.2, 0.25) is 0 Å². The zero-order chi connectivity index (χ0) is 23.3. The lowest BCUT2D eigenvalue weighted by Crippen LogP contribution is -2.34. The van der Waals surface area contributed by atoms with E-state index in [4.69, 9.17) is 23.7 Å². The van der Waals surface area contributed by atoms with Gasteiger partial charge in [-0.1, -0.05) is 12.1 Å². The predicted molar refractivity (Wildman–Crippen MR) is 120 cm³/mol. The molecule has 32 heavy (non-hydrogen) atoms. The van der Waals surface area contributed by atoms with E-state index >= 15 is 0 Å². The molecule has 0 aromatic heterocycles. The van der Waals surface area contributed by atoms with Gasteiger partial charge in [-0.25, -0.2) is 0 Å². The molecule has 2 aromatic carbocycles. The van der Waals surface area contributed by atoms with Crippen LogP contribution in [0.1, 0.15) is 30.4 Å². The van der Waals surface area contributed by atoms with Gasteiger partial charge < -0.3 is 23.7 Å². The molecule has 1 aliphatic carbocycles. The molecule has 7 heteroatoms. The SMILES string of the molecule is CCOC(=O)C1C(=O)C=C(c2ccc(OC)c(OC)c2)CC1c1ccc(OC)c(OC)c1. The van der Waals surface area contributed by atoms with Gasteiger partial charge in [-0.3, -0.25) is 9.59 Å². The minimum atomic E-state index is -0.933. The highest BCUT2D eigenvalue weighted by atomic mass is 16.5. The normalized spacial score (nSPS) is 17.9. The Morgan fingerprint density at radius 3 is 2.06 bits per heavy atom. The predicted octanol–water partition coefficient (Wildman–Crippen LogP) is 4.04. The number of rotatable bonds is 8. The molecule has 0 saturated heterocycles. The lowest BCUT2D eigenvalue weighted by molar-refractivity contribution is -0.151. The third-order valence-electron chi connectivity index (χ3n) is 5.60. The topological polar surface area (TPSA) is 80.3 Å². The van der Waals surface area contributed by atoms with Crippen LogP contribution in [0.3, 0.4) is 0 Å². The average molecular weight is 440 g/mol. The summed E-state index contributed by atoms with van der Waals surface area (Å²) in [5.41, 5.74) is 2.42. The minimum Gasteiger partial charge on any atom is -0.493 e. The van der Waals surface area contributed by atoms with Gasteiger partial charge in [-0.15, -0.1) is 0 Å². The van der Waals surface area contributed by atoms with Crippen LogP contribution in [-0.2, 0) is 14.3 Å². The number of carbonyl (C=O) groups is 2. The van der Waals surface area contributed by atoms with Crippen molar-refractivity contribution in [2.24, 2.45) is 5.92 Å². The van der Waals surface area contributed by atoms with E-state index in [1.54, 1.807) is 53.6 Å². The number of carbonyl (C=O) groups excluding carboxylic acids is 2. The van der Waals surface area contributed by atoms with Crippen molar-refractivity contribution in [3.63, 3.8) is 0 Å². The van der Waals surface area contributed by atoms with Crippen molar-refractivity contribution < 1.29 is 33.3 Å². The van der Waals surface area contributed by atoms with E-state index in [9.17, 15) is 9.59 Å². The molecule has 0 heterocycles. The second-order valence-electron chi connectivity index (χ2n) is 7.30. The Morgan fingerprint density at radius 1 is 0.875 bits per heavy atom. The first kappa shape index (κ1) is 23.2. The molecule has 2 atom stereocenters.